The molecule has 3 rings (SSSR count). The topological polar surface area (TPSA) is 64.1 Å². The van der Waals surface area contributed by atoms with Gasteiger partial charge in [0.05, 0.1) is 24.0 Å². The van der Waals surface area contributed by atoms with Gasteiger partial charge < -0.3 is 10.1 Å². The number of hydrogen-bond donors (Lipinski definition) is 1. The number of carbonyl (C=O) groups is 1. The molecule has 0 aliphatic carbocycles. The van der Waals surface area contributed by atoms with E-state index in [1.165, 1.54) is 6.20 Å². The number of nitrogens with zero attached hydrogens (tertiary/aromatic N) is 2. The van der Waals surface area contributed by atoms with Gasteiger partial charge in [-0.15, -0.1) is 0 Å². The first kappa shape index (κ1) is 17.2. The molecule has 0 saturated heterocycles. The fraction of sp³-hybridized carbons (Fsp3) is 0.0556. The van der Waals surface area contributed by atoms with E-state index in [9.17, 15) is 4.79 Å². The average molecular weight is 374 g/mol. The zero-order valence-electron chi connectivity index (χ0n) is 13.2. The van der Waals surface area contributed by atoms with Crippen LogP contribution in [0.1, 0.15) is 10.4 Å². The van der Waals surface area contributed by atoms with E-state index in [2.05, 4.69) is 15.3 Å². The van der Waals surface area contributed by atoms with Gasteiger partial charge in [-0.25, -0.2) is 4.98 Å². The molecule has 126 valence electrons. The molecule has 2 heterocycles. The molecule has 2 aromatic heterocycles. The predicted molar refractivity (Wildman–Crippen MR) is 98.4 cm³/mol. The van der Waals surface area contributed by atoms with E-state index < -0.39 is 0 Å². The Morgan fingerprint density at radius 1 is 1.12 bits per heavy atom. The maximum absolute atomic E-state index is 12.4. The molecule has 0 bridgehead atoms. The van der Waals surface area contributed by atoms with E-state index in [4.69, 9.17) is 27.9 Å². The second-order valence-electron chi connectivity index (χ2n) is 5.07. The Bertz CT molecular complexity index is 914. The summed E-state index contributed by atoms with van der Waals surface area (Å²) in [6.07, 6.45) is 3.14. The van der Waals surface area contributed by atoms with Crippen LogP contribution in [0.4, 0.5) is 5.69 Å². The first-order chi connectivity index (χ1) is 12.1. The van der Waals surface area contributed by atoms with Crippen molar-refractivity contribution in [1.82, 2.24) is 9.97 Å². The van der Waals surface area contributed by atoms with Crippen LogP contribution in [0.3, 0.4) is 0 Å². The molecule has 5 nitrogen and oxygen atoms in total. The molecule has 0 aliphatic heterocycles. The van der Waals surface area contributed by atoms with Crippen molar-refractivity contribution in [1.29, 1.82) is 0 Å². The molecule has 0 fully saturated rings. The molecule has 0 unspecified atom stereocenters. The molecule has 7 heteroatoms. The molecule has 3 aromatic rings. The standard InChI is InChI=1S/C18H13Cl2N3O2/c1-25-15-3-2-8-21-17(15)13-6-4-11(9-14(13)19)18(24)23-12-5-7-16(20)22-10-12/h2-10H,1H3,(H,23,24). The van der Waals surface area contributed by atoms with Crippen LogP contribution in [0.2, 0.25) is 10.2 Å². The molecule has 0 aliphatic rings. The second kappa shape index (κ2) is 7.51. The van der Waals surface area contributed by atoms with Gasteiger partial charge in [0.1, 0.15) is 16.6 Å². The molecule has 1 N–H and O–H groups in total. The Hall–Kier alpha value is -2.63. The van der Waals surface area contributed by atoms with Gasteiger partial charge in [-0.05, 0) is 36.4 Å². The number of rotatable bonds is 4. The smallest absolute Gasteiger partial charge is 0.255 e. The monoisotopic (exact) mass is 373 g/mol. The molecular weight excluding hydrogens is 361 g/mol. The number of aromatic nitrogens is 2. The van der Waals surface area contributed by atoms with Crippen LogP contribution in [-0.4, -0.2) is 23.0 Å². The summed E-state index contributed by atoms with van der Waals surface area (Å²) in [5.41, 5.74) is 2.26. The Morgan fingerprint density at radius 3 is 2.64 bits per heavy atom. The summed E-state index contributed by atoms with van der Waals surface area (Å²) in [5.74, 6) is 0.305. The van der Waals surface area contributed by atoms with Crippen molar-refractivity contribution in [3.63, 3.8) is 0 Å². The van der Waals surface area contributed by atoms with Crippen molar-refractivity contribution in [3.05, 3.63) is 70.6 Å². The van der Waals surface area contributed by atoms with Gasteiger partial charge >= 0.3 is 0 Å². The number of carbonyl (C=O) groups excluding carboxylic acids is 1. The predicted octanol–water partition coefficient (Wildman–Crippen LogP) is 4.71. The fourth-order valence-corrected chi connectivity index (χ4v) is 2.64. The van der Waals surface area contributed by atoms with Crippen molar-refractivity contribution < 1.29 is 9.53 Å². The third-order valence-electron chi connectivity index (χ3n) is 3.46. The maximum Gasteiger partial charge on any atom is 0.255 e. The summed E-state index contributed by atoms with van der Waals surface area (Å²) in [6.45, 7) is 0. The molecule has 1 amide bonds. The Labute approximate surface area is 154 Å². The van der Waals surface area contributed by atoms with Crippen molar-refractivity contribution in [2.75, 3.05) is 12.4 Å². The number of methoxy groups -OCH3 is 1. The van der Waals surface area contributed by atoms with Crippen molar-refractivity contribution in [2.45, 2.75) is 0 Å². The zero-order chi connectivity index (χ0) is 17.8. The minimum atomic E-state index is -0.300. The number of benzene rings is 1. The lowest BCUT2D eigenvalue weighted by Gasteiger charge is -2.10. The fourth-order valence-electron chi connectivity index (χ4n) is 2.26. The molecule has 0 saturated carbocycles. The summed E-state index contributed by atoms with van der Waals surface area (Å²) >= 11 is 12.1. The van der Waals surface area contributed by atoms with Crippen LogP contribution in [0, 0.1) is 0 Å². The maximum atomic E-state index is 12.4. The van der Waals surface area contributed by atoms with E-state index in [0.717, 1.165) is 0 Å². The summed E-state index contributed by atoms with van der Waals surface area (Å²) in [7, 11) is 1.57. The Balaban J connectivity index is 1.86. The summed E-state index contributed by atoms with van der Waals surface area (Å²) in [4.78, 5) is 20.6. The van der Waals surface area contributed by atoms with Crippen molar-refractivity contribution in [2.24, 2.45) is 0 Å². The van der Waals surface area contributed by atoms with Crippen LogP contribution in [0.5, 0.6) is 5.75 Å². The minimum Gasteiger partial charge on any atom is -0.494 e. The number of anilines is 1. The van der Waals surface area contributed by atoms with E-state index in [1.807, 2.05) is 0 Å². The summed E-state index contributed by atoms with van der Waals surface area (Å²) in [5, 5.41) is 3.49. The first-order valence-electron chi connectivity index (χ1n) is 7.30. The van der Waals surface area contributed by atoms with Gasteiger partial charge in [0.2, 0.25) is 0 Å². The number of amides is 1. The van der Waals surface area contributed by atoms with Gasteiger partial charge in [0.25, 0.3) is 5.91 Å². The number of ether oxygens (including phenoxy) is 1. The minimum absolute atomic E-state index is 0.300. The highest BCUT2D eigenvalue weighted by atomic mass is 35.5. The largest absolute Gasteiger partial charge is 0.494 e. The summed E-state index contributed by atoms with van der Waals surface area (Å²) in [6, 6.07) is 11.8. The number of halogens is 2. The zero-order valence-corrected chi connectivity index (χ0v) is 14.7. The lowest BCUT2D eigenvalue weighted by molar-refractivity contribution is 0.102. The number of pyridine rings is 2. The third kappa shape index (κ3) is 3.90. The lowest BCUT2D eigenvalue weighted by atomic mass is 10.1. The quantitative estimate of drug-likeness (QED) is 0.672. The van der Waals surface area contributed by atoms with Gasteiger partial charge in [0.15, 0.2) is 0 Å². The molecule has 1 aromatic carbocycles. The molecule has 25 heavy (non-hydrogen) atoms. The van der Waals surface area contributed by atoms with Gasteiger partial charge in [-0.3, -0.25) is 9.78 Å². The SMILES string of the molecule is COc1cccnc1-c1ccc(C(=O)Nc2ccc(Cl)nc2)cc1Cl. The van der Waals surface area contributed by atoms with Crippen LogP contribution < -0.4 is 10.1 Å². The van der Waals surface area contributed by atoms with E-state index in [-0.39, 0.29) is 5.91 Å². The molecular formula is C18H13Cl2N3O2. The van der Waals surface area contributed by atoms with Crippen molar-refractivity contribution in [3.8, 4) is 17.0 Å². The Kier molecular flexibility index (Phi) is 5.16. The number of nitrogens with one attached hydrogen (secondary N) is 1. The van der Waals surface area contributed by atoms with Crippen LogP contribution in [0.25, 0.3) is 11.3 Å². The van der Waals surface area contributed by atoms with Gasteiger partial charge in [-0.1, -0.05) is 29.3 Å². The van der Waals surface area contributed by atoms with Crippen molar-refractivity contribution >= 4 is 34.8 Å². The van der Waals surface area contributed by atoms with Gasteiger partial charge in [0, 0.05) is 17.3 Å². The molecule has 0 spiro atoms. The normalized spacial score (nSPS) is 10.4. The van der Waals surface area contributed by atoms with Crippen LogP contribution in [-0.2, 0) is 0 Å². The van der Waals surface area contributed by atoms with E-state index in [1.54, 1.807) is 55.8 Å². The summed E-state index contributed by atoms with van der Waals surface area (Å²) < 4.78 is 5.30. The van der Waals surface area contributed by atoms with E-state index >= 15 is 0 Å². The van der Waals surface area contributed by atoms with Crippen LogP contribution >= 0.6 is 23.2 Å². The highest BCUT2D eigenvalue weighted by molar-refractivity contribution is 6.33. The van der Waals surface area contributed by atoms with E-state index in [0.29, 0.717) is 38.4 Å². The second-order valence-corrected chi connectivity index (χ2v) is 5.87. The third-order valence-corrected chi connectivity index (χ3v) is 4.00. The Morgan fingerprint density at radius 2 is 1.96 bits per heavy atom. The first-order valence-corrected chi connectivity index (χ1v) is 8.06. The lowest BCUT2D eigenvalue weighted by Crippen LogP contribution is -2.12. The van der Waals surface area contributed by atoms with Gasteiger partial charge in [-0.2, -0.15) is 0 Å². The molecule has 0 radical (unpaired) electrons. The average Bonchev–Trinajstić information content (AvgIpc) is 2.63. The number of hydrogen-bond acceptors (Lipinski definition) is 4. The highest BCUT2D eigenvalue weighted by Crippen LogP contribution is 2.33. The molecule has 0 atom stereocenters. The highest BCUT2D eigenvalue weighted by Gasteiger charge is 2.14. The van der Waals surface area contributed by atoms with Crippen LogP contribution in [0.15, 0.2) is 54.9 Å².